The molecule has 124 valence electrons. The van der Waals surface area contributed by atoms with E-state index in [0.29, 0.717) is 25.1 Å². The fourth-order valence-electron chi connectivity index (χ4n) is 2.82. The molecule has 2 heterocycles. The van der Waals surface area contributed by atoms with E-state index in [1.54, 1.807) is 24.3 Å². The Bertz CT molecular complexity index is 552. The van der Waals surface area contributed by atoms with Gasteiger partial charge in [0.2, 0.25) is 5.91 Å². The molecule has 0 aromatic heterocycles. The molecule has 2 N–H and O–H groups in total. The van der Waals surface area contributed by atoms with Crippen LogP contribution in [0.15, 0.2) is 24.3 Å². The van der Waals surface area contributed by atoms with E-state index in [-0.39, 0.29) is 24.0 Å². The molecule has 6 heteroatoms. The Hall–Kier alpha value is -2.08. The molecule has 3 rings (SSSR count). The SMILES string of the molecule is O=C1CC[C@H](CNC(=O)c2ccc(OC[C@H]3CCCO3)cc2)N1. The lowest BCUT2D eigenvalue weighted by molar-refractivity contribution is -0.119. The third-order valence-electron chi connectivity index (χ3n) is 4.17. The second-order valence-corrected chi connectivity index (χ2v) is 5.98. The molecule has 2 atom stereocenters. The van der Waals surface area contributed by atoms with Gasteiger partial charge >= 0.3 is 0 Å². The van der Waals surface area contributed by atoms with Crippen LogP contribution in [0.1, 0.15) is 36.0 Å². The van der Waals surface area contributed by atoms with Gasteiger partial charge in [-0.15, -0.1) is 0 Å². The Morgan fingerprint density at radius 1 is 1.30 bits per heavy atom. The summed E-state index contributed by atoms with van der Waals surface area (Å²) in [7, 11) is 0. The molecule has 0 bridgehead atoms. The third-order valence-corrected chi connectivity index (χ3v) is 4.17. The lowest BCUT2D eigenvalue weighted by Gasteiger charge is -2.13. The summed E-state index contributed by atoms with van der Waals surface area (Å²) in [6.07, 6.45) is 3.62. The number of amides is 2. The van der Waals surface area contributed by atoms with Gasteiger partial charge in [0.1, 0.15) is 12.4 Å². The molecule has 0 spiro atoms. The van der Waals surface area contributed by atoms with Crippen LogP contribution in [0, 0.1) is 0 Å². The molecule has 0 radical (unpaired) electrons. The summed E-state index contributed by atoms with van der Waals surface area (Å²) in [5, 5.41) is 5.67. The smallest absolute Gasteiger partial charge is 0.251 e. The first-order valence-electron chi connectivity index (χ1n) is 8.13. The van der Waals surface area contributed by atoms with E-state index >= 15 is 0 Å². The molecule has 23 heavy (non-hydrogen) atoms. The zero-order chi connectivity index (χ0) is 16.1. The van der Waals surface area contributed by atoms with Crippen LogP contribution in [0.5, 0.6) is 5.75 Å². The number of hydrogen-bond acceptors (Lipinski definition) is 4. The van der Waals surface area contributed by atoms with Gasteiger partial charge < -0.3 is 20.1 Å². The number of carbonyl (C=O) groups is 2. The van der Waals surface area contributed by atoms with Crippen molar-refractivity contribution in [2.45, 2.75) is 37.8 Å². The predicted octanol–water partition coefficient (Wildman–Crippen LogP) is 1.25. The Balaban J connectivity index is 1.44. The molecule has 6 nitrogen and oxygen atoms in total. The molecule has 0 saturated carbocycles. The van der Waals surface area contributed by atoms with Gasteiger partial charge in [0.15, 0.2) is 0 Å². The van der Waals surface area contributed by atoms with Gasteiger partial charge in [0, 0.05) is 31.2 Å². The highest BCUT2D eigenvalue weighted by molar-refractivity contribution is 5.94. The fourth-order valence-corrected chi connectivity index (χ4v) is 2.82. The van der Waals surface area contributed by atoms with Crippen LogP contribution in [0.25, 0.3) is 0 Å². The van der Waals surface area contributed by atoms with Crippen LogP contribution in [0.4, 0.5) is 0 Å². The molecule has 1 aromatic rings. The summed E-state index contributed by atoms with van der Waals surface area (Å²) in [5.41, 5.74) is 0.582. The molecule has 1 aromatic carbocycles. The number of hydrogen-bond donors (Lipinski definition) is 2. The minimum atomic E-state index is -0.142. The van der Waals surface area contributed by atoms with Crippen LogP contribution < -0.4 is 15.4 Å². The highest BCUT2D eigenvalue weighted by atomic mass is 16.5. The highest BCUT2D eigenvalue weighted by Crippen LogP contribution is 2.16. The van der Waals surface area contributed by atoms with E-state index < -0.39 is 0 Å². The van der Waals surface area contributed by atoms with E-state index in [9.17, 15) is 9.59 Å². The van der Waals surface area contributed by atoms with Gasteiger partial charge in [-0.25, -0.2) is 0 Å². The average molecular weight is 318 g/mol. The quantitative estimate of drug-likeness (QED) is 0.828. The largest absolute Gasteiger partial charge is 0.491 e. The zero-order valence-electron chi connectivity index (χ0n) is 13.0. The van der Waals surface area contributed by atoms with Crippen LogP contribution in [-0.2, 0) is 9.53 Å². The minimum absolute atomic E-state index is 0.0421. The molecule has 2 amide bonds. The molecule has 2 saturated heterocycles. The van der Waals surface area contributed by atoms with Gasteiger partial charge in [-0.1, -0.05) is 0 Å². The molecule has 2 fully saturated rings. The van der Waals surface area contributed by atoms with Crippen molar-refractivity contribution < 1.29 is 19.1 Å². The van der Waals surface area contributed by atoms with Crippen molar-refractivity contribution in [3.63, 3.8) is 0 Å². The standard InChI is InChI=1S/C17H22N2O4/c20-16-8-5-13(19-16)10-18-17(21)12-3-6-14(7-4-12)23-11-15-2-1-9-22-15/h3-4,6-7,13,15H,1-2,5,8-11H2,(H,18,21)(H,19,20)/t13-,15-/m1/s1. The zero-order valence-corrected chi connectivity index (χ0v) is 13.0. The van der Waals surface area contributed by atoms with E-state index in [2.05, 4.69) is 10.6 Å². The molecule has 2 aliphatic rings. The van der Waals surface area contributed by atoms with Crippen LogP contribution in [0.3, 0.4) is 0 Å². The number of ether oxygens (including phenoxy) is 2. The van der Waals surface area contributed by atoms with Crippen molar-refractivity contribution in [3.05, 3.63) is 29.8 Å². The van der Waals surface area contributed by atoms with Gasteiger partial charge in [-0.05, 0) is 43.5 Å². The average Bonchev–Trinajstić information content (AvgIpc) is 3.22. The van der Waals surface area contributed by atoms with Crippen LogP contribution >= 0.6 is 0 Å². The Labute approximate surface area is 135 Å². The predicted molar refractivity (Wildman–Crippen MR) is 84.4 cm³/mol. The first-order chi connectivity index (χ1) is 11.2. The van der Waals surface area contributed by atoms with Gasteiger partial charge in [0.05, 0.1) is 6.10 Å². The second-order valence-electron chi connectivity index (χ2n) is 5.98. The molecule has 2 aliphatic heterocycles. The number of carbonyl (C=O) groups excluding carboxylic acids is 2. The lowest BCUT2D eigenvalue weighted by atomic mass is 10.2. The van der Waals surface area contributed by atoms with Crippen molar-refractivity contribution in [1.82, 2.24) is 10.6 Å². The monoisotopic (exact) mass is 318 g/mol. The minimum Gasteiger partial charge on any atom is -0.491 e. The topological polar surface area (TPSA) is 76.7 Å². The van der Waals surface area contributed by atoms with Crippen molar-refractivity contribution in [2.75, 3.05) is 19.8 Å². The normalized spacial score (nSPS) is 23.6. The summed E-state index contributed by atoms with van der Waals surface area (Å²) in [4.78, 5) is 23.2. The van der Waals surface area contributed by atoms with Crippen molar-refractivity contribution >= 4 is 11.8 Å². The highest BCUT2D eigenvalue weighted by Gasteiger charge is 2.21. The molecule has 0 unspecified atom stereocenters. The van der Waals surface area contributed by atoms with Gasteiger partial charge in [-0.3, -0.25) is 9.59 Å². The van der Waals surface area contributed by atoms with Crippen molar-refractivity contribution in [3.8, 4) is 5.75 Å². The van der Waals surface area contributed by atoms with Crippen molar-refractivity contribution in [2.24, 2.45) is 0 Å². The Morgan fingerprint density at radius 2 is 2.13 bits per heavy atom. The van der Waals surface area contributed by atoms with Crippen LogP contribution in [0.2, 0.25) is 0 Å². The van der Waals surface area contributed by atoms with Gasteiger partial charge in [-0.2, -0.15) is 0 Å². The first kappa shape index (κ1) is 15.8. The summed E-state index contributed by atoms with van der Waals surface area (Å²) in [6.45, 7) is 1.82. The van der Waals surface area contributed by atoms with E-state index in [1.165, 1.54) is 0 Å². The maximum Gasteiger partial charge on any atom is 0.251 e. The maximum absolute atomic E-state index is 12.1. The summed E-state index contributed by atoms with van der Waals surface area (Å²) in [6, 6.07) is 7.11. The summed E-state index contributed by atoms with van der Waals surface area (Å²) >= 11 is 0. The number of benzene rings is 1. The Morgan fingerprint density at radius 3 is 2.78 bits per heavy atom. The maximum atomic E-state index is 12.1. The number of nitrogens with one attached hydrogen (secondary N) is 2. The lowest BCUT2D eigenvalue weighted by Crippen LogP contribution is -2.38. The van der Waals surface area contributed by atoms with E-state index in [0.717, 1.165) is 31.6 Å². The second kappa shape index (κ2) is 7.46. The summed E-state index contributed by atoms with van der Waals surface area (Å²) < 4.78 is 11.2. The van der Waals surface area contributed by atoms with Crippen LogP contribution in [-0.4, -0.2) is 43.7 Å². The van der Waals surface area contributed by atoms with Crippen molar-refractivity contribution in [1.29, 1.82) is 0 Å². The third kappa shape index (κ3) is 4.45. The number of rotatable bonds is 6. The first-order valence-corrected chi connectivity index (χ1v) is 8.13. The molecular weight excluding hydrogens is 296 g/mol. The van der Waals surface area contributed by atoms with E-state index in [4.69, 9.17) is 9.47 Å². The van der Waals surface area contributed by atoms with Gasteiger partial charge in [0.25, 0.3) is 5.91 Å². The molecular formula is C17H22N2O4. The van der Waals surface area contributed by atoms with E-state index in [1.807, 2.05) is 0 Å². The summed E-state index contributed by atoms with van der Waals surface area (Å²) in [5.74, 6) is 0.647. The molecule has 0 aliphatic carbocycles. The Kier molecular flexibility index (Phi) is 5.12. The fraction of sp³-hybridized carbons (Fsp3) is 0.529.